The first-order chi connectivity index (χ1) is 15.7. The molecule has 3 aliphatic heterocycles. The topological polar surface area (TPSA) is 133 Å². The SMILES string of the molecule is O=C(Nc1cccc(S(=O)(=O)N2CCCCCC2)c1)C1=NN([C@H]2CCS(=O)(=O)C2)C(=O)CC1. The third-order valence-corrected chi connectivity index (χ3v) is 9.82. The van der Waals surface area contributed by atoms with Crippen molar-refractivity contribution in [2.45, 2.75) is 55.9 Å². The van der Waals surface area contributed by atoms with Crippen LogP contribution in [-0.2, 0) is 29.4 Å². The molecule has 3 aliphatic rings. The van der Waals surface area contributed by atoms with Crippen molar-refractivity contribution in [2.24, 2.45) is 5.10 Å². The first-order valence-corrected chi connectivity index (χ1v) is 14.4. The Morgan fingerprint density at radius 3 is 2.48 bits per heavy atom. The van der Waals surface area contributed by atoms with Crippen LogP contribution in [0.3, 0.4) is 0 Å². The quantitative estimate of drug-likeness (QED) is 0.654. The fraction of sp³-hybridized carbons (Fsp3) is 0.571. The lowest BCUT2D eigenvalue weighted by molar-refractivity contribution is -0.133. The molecule has 0 aliphatic carbocycles. The Labute approximate surface area is 194 Å². The minimum atomic E-state index is -3.66. The molecule has 33 heavy (non-hydrogen) atoms. The average Bonchev–Trinajstić information content (AvgIpc) is 2.97. The number of sulfonamides is 1. The molecule has 2 amide bonds. The second-order valence-corrected chi connectivity index (χ2v) is 12.8. The molecule has 1 atom stereocenters. The van der Waals surface area contributed by atoms with Gasteiger partial charge in [-0.15, -0.1) is 0 Å². The molecule has 10 nitrogen and oxygen atoms in total. The van der Waals surface area contributed by atoms with Crippen molar-refractivity contribution in [2.75, 3.05) is 29.9 Å². The van der Waals surface area contributed by atoms with Crippen LogP contribution in [0.1, 0.15) is 44.9 Å². The zero-order chi connectivity index (χ0) is 23.6. The molecule has 3 heterocycles. The molecule has 2 saturated heterocycles. The molecule has 1 N–H and O–H groups in total. The minimum absolute atomic E-state index is 0.00319. The van der Waals surface area contributed by atoms with Crippen molar-refractivity contribution in [1.82, 2.24) is 9.31 Å². The Bertz CT molecular complexity index is 1170. The van der Waals surface area contributed by atoms with Gasteiger partial charge in [-0.05, 0) is 37.5 Å². The zero-order valence-electron chi connectivity index (χ0n) is 18.3. The lowest BCUT2D eigenvalue weighted by Crippen LogP contribution is -2.42. The maximum atomic E-state index is 13.1. The number of nitrogens with one attached hydrogen (secondary N) is 1. The fourth-order valence-corrected chi connectivity index (χ4v) is 7.61. The van der Waals surface area contributed by atoms with Gasteiger partial charge >= 0.3 is 0 Å². The third kappa shape index (κ3) is 5.44. The molecule has 1 aromatic carbocycles. The number of carbonyl (C=O) groups is 2. The number of anilines is 1. The minimum Gasteiger partial charge on any atom is -0.321 e. The number of nitrogens with zero attached hydrogens (tertiary/aromatic N) is 3. The van der Waals surface area contributed by atoms with E-state index >= 15 is 0 Å². The Balaban J connectivity index is 1.49. The molecule has 0 bridgehead atoms. The predicted octanol–water partition coefficient (Wildman–Crippen LogP) is 1.36. The molecule has 180 valence electrons. The van der Waals surface area contributed by atoms with Crippen LogP contribution in [0.25, 0.3) is 0 Å². The van der Waals surface area contributed by atoms with E-state index in [1.165, 1.54) is 16.4 Å². The maximum absolute atomic E-state index is 13.1. The molecule has 12 heteroatoms. The summed E-state index contributed by atoms with van der Waals surface area (Å²) in [4.78, 5) is 25.2. The van der Waals surface area contributed by atoms with Crippen molar-refractivity contribution < 1.29 is 26.4 Å². The number of hydrogen-bond acceptors (Lipinski definition) is 7. The maximum Gasteiger partial charge on any atom is 0.271 e. The zero-order valence-corrected chi connectivity index (χ0v) is 19.9. The van der Waals surface area contributed by atoms with Crippen molar-refractivity contribution in [3.63, 3.8) is 0 Å². The number of carbonyl (C=O) groups excluding carboxylic acids is 2. The van der Waals surface area contributed by atoms with Gasteiger partial charge in [0.15, 0.2) is 9.84 Å². The lowest BCUT2D eigenvalue weighted by Gasteiger charge is -2.27. The summed E-state index contributed by atoms with van der Waals surface area (Å²) in [5.41, 5.74) is 0.421. The van der Waals surface area contributed by atoms with Crippen LogP contribution in [0.2, 0.25) is 0 Å². The molecule has 0 aromatic heterocycles. The van der Waals surface area contributed by atoms with Gasteiger partial charge in [-0.2, -0.15) is 9.41 Å². The highest BCUT2D eigenvalue weighted by atomic mass is 32.2. The fourth-order valence-electron chi connectivity index (χ4n) is 4.36. The Hall–Kier alpha value is -2.31. The van der Waals surface area contributed by atoms with Crippen LogP contribution in [-0.4, -0.2) is 74.3 Å². The van der Waals surface area contributed by atoms with Crippen LogP contribution in [0, 0.1) is 0 Å². The van der Waals surface area contributed by atoms with E-state index in [0.717, 1.165) is 30.7 Å². The van der Waals surface area contributed by atoms with Crippen molar-refractivity contribution >= 4 is 43.1 Å². The highest BCUT2D eigenvalue weighted by Gasteiger charge is 2.37. The highest BCUT2D eigenvalue weighted by Crippen LogP contribution is 2.24. The predicted molar refractivity (Wildman–Crippen MR) is 123 cm³/mol. The molecule has 1 aromatic rings. The Morgan fingerprint density at radius 1 is 1.09 bits per heavy atom. The largest absolute Gasteiger partial charge is 0.321 e. The first kappa shape index (κ1) is 23.8. The van der Waals surface area contributed by atoms with Crippen LogP contribution in [0.4, 0.5) is 5.69 Å². The summed E-state index contributed by atoms with van der Waals surface area (Å²) in [7, 11) is -6.87. The number of sulfone groups is 1. The summed E-state index contributed by atoms with van der Waals surface area (Å²) >= 11 is 0. The van der Waals surface area contributed by atoms with Gasteiger partial charge in [0.1, 0.15) is 5.71 Å². The smallest absolute Gasteiger partial charge is 0.271 e. The van der Waals surface area contributed by atoms with Gasteiger partial charge in [0.2, 0.25) is 15.9 Å². The number of benzene rings is 1. The highest BCUT2D eigenvalue weighted by molar-refractivity contribution is 7.91. The van der Waals surface area contributed by atoms with Crippen molar-refractivity contribution in [3.8, 4) is 0 Å². The van der Waals surface area contributed by atoms with E-state index in [1.54, 1.807) is 12.1 Å². The van der Waals surface area contributed by atoms with Gasteiger partial charge in [0.05, 0.1) is 22.4 Å². The summed E-state index contributed by atoms with van der Waals surface area (Å²) in [6.45, 7) is 0.965. The third-order valence-electron chi connectivity index (χ3n) is 6.17. The number of rotatable bonds is 5. The van der Waals surface area contributed by atoms with Gasteiger partial charge in [0, 0.05) is 31.6 Å². The van der Waals surface area contributed by atoms with E-state index < -0.39 is 31.8 Å². The van der Waals surface area contributed by atoms with Gasteiger partial charge < -0.3 is 5.32 Å². The van der Waals surface area contributed by atoms with Gasteiger partial charge in [-0.3, -0.25) is 9.59 Å². The lowest BCUT2D eigenvalue weighted by atomic mass is 10.1. The second-order valence-electron chi connectivity index (χ2n) is 8.64. The summed E-state index contributed by atoms with van der Waals surface area (Å²) in [5, 5.41) is 7.96. The number of amides is 2. The van der Waals surface area contributed by atoms with E-state index in [0.29, 0.717) is 25.2 Å². The second kappa shape index (κ2) is 9.51. The molecular formula is C21H28N4O6S2. The molecule has 0 unspecified atom stereocenters. The van der Waals surface area contributed by atoms with Crippen LogP contribution < -0.4 is 5.32 Å². The van der Waals surface area contributed by atoms with E-state index in [9.17, 15) is 26.4 Å². The standard InChI is InChI=1S/C21H28N4O6S2/c26-20-9-8-19(23-25(20)17-10-13-32(28,29)15-17)21(27)22-16-6-5-7-18(14-16)33(30,31)24-11-3-1-2-4-12-24/h5-7,14,17H,1-4,8-13,15H2,(H,22,27)/t17-/m0/s1. The van der Waals surface area contributed by atoms with E-state index in [-0.39, 0.29) is 40.9 Å². The van der Waals surface area contributed by atoms with Crippen molar-refractivity contribution in [3.05, 3.63) is 24.3 Å². The van der Waals surface area contributed by atoms with Crippen LogP contribution in [0.15, 0.2) is 34.3 Å². The summed E-state index contributed by atoms with van der Waals surface area (Å²) in [6, 6.07) is 5.54. The molecule has 0 spiro atoms. The average molecular weight is 497 g/mol. The monoisotopic (exact) mass is 496 g/mol. The van der Waals surface area contributed by atoms with Crippen molar-refractivity contribution in [1.29, 1.82) is 0 Å². The van der Waals surface area contributed by atoms with Crippen LogP contribution in [0.5, 0.6) is 0 Å². The molecule has 2 fully saturated rings. The Morgan fingerprint density at radius 2 is 1.82 bits per heavy atom. The molecular weight excluding hydrogens is 468 g/mol. The van der Waals surface area contributed by atoms with Gasteiger partial charge in [-0.1, -0.05) is 18.9 Å². The summed E-state index contributed by atoms with van der Waals surface area (Å²) in [5.74, 6) is -1.01. The molecule has 4 rings (SSSR count). The Kier molecular flexibility index (Phi) is 6.87. The van der Waals surface area contributed by atoms with E-state index in [4.69, 9.17) is 0 Å². The van der Waals surface area contributed by atoms with E-state index in [2.05, 4.69) is 10.4 Å². The number of hydrogen-bond donors (Lipinski definition) is 1. The number of hydrazone groups is 1. The summed E-state index contributed by atoms with van der Waals surface area (Å²) < 4.78 is 51.2. The summed E-state index contributed by atoms with van der Waals surface area (Å²) in [6.07, 6.45) is 4.16. The first-order valence-electron chi connectivity index (χ1n) is 11.2. The van der Waals surface area contributed by atoms with Gasteiger partial charge in [-0.25, -0.2) is 21.8 Å². The molecule has 0 radical (unpaired) electrons. The van der Waals surface area contributed by atoms with Gasteiger partial charge in [0.25, 0.3) is 5.91 Å². The normalized spacial score (nSPS) is 24.2. The molecule has 0 saturated carbocycles. The van der Waals surface area contributed by atoms with E-state index in [1.807, 2.05) is 0 Å². The van der Waals surface area contributed by atoms with Crippen LogP contribution >= 0.6 is 0 Å².